The standard InChI is InChI=1S/C18H23NO8/c1-25-18-14(22)15(13(21)12(9-20)27-18)26-8-4-7-19-16(23)10-5-2-3-6-11(10)17(19)24/h2-3,5-6,12-15,18,20-22H,4,7-9H2,1H3/t12?,13-,14?,15?,18+/m1/s1. The summed E-state index contributed by atoms with van der Waals surface area (Å²) >= 11 is 0. The predicted octanol–water partition coefficient (Wildman–Crippen LogP) is -0.857. The Labute approximate surface area is 156 Å². The van der Waals surface area contributed by atoms with E-state index in [0.717, 1.165) is 4.90 Å². The Bertz CT molecular complexity index is 645. The van der Waals surface area contributed by atoms with Crippen LogP contribution in [0.2, 0.25) is 0 Å². The highest BCUT2D eigenvalue weighted by Crippen LogP contribution is 2.25. The molecule has 0 aliphatic carbocycles. The van der Waals surface area contributed by atoms with Crippen LogP contribution >= 0.6 is 0 Å². The molecule has 5 atom stereocenters. The summed E-state index contributed by atoms with van der Waals surface area (Å²) in [6, 6.07) is 6.63. The average Bonchev–Trinajstić information content (AvgIpc) is 2.92. The van der Waals surface area contributed by atoms with Crippen molar-refractivity contribution in [3.63, 3.8) is 0 Å². The second-order valence-electron chi connectivity index (χ2n) is 6.44. The van der Waals surface area contributed by atoms with Gasteiger partial charge in [-0.1, -0.05) is 12.1 Å². The Hall–Kier alpha value is -1.88. The molecule has 0 bridgehead atoms. The topological polar surface area (TPSA) is 126 Å². The molecule has 1 aromatic carbocycles. The number of hydrogen-bond acceptors (Lipinski definition) is 8. The third-order valence-electron chi connectivity index (χ3n) is 4.77. The largest absolute Gasteiger partial charge is 0.394 e. The fourth-order valence-electron chi connectivity index (χ4n) is 3.33. The van der Waals surface area contributed by atoms with Gasteiger partial charge in [0.1, 0.15) is 24.4 Å². The lowest BCUT2D eigenvalue weighted by molar-refractivity contribution is -0.301. The molecule has 1 aromatic rings. The summed E-state index contributed by atoms with van der Waals surface area (Å²) in [4.78, 5) is 25.7. The SMILES string of the molecule is CO[C@H]1OC(CO)[C@@H](O)C(OCCCN2C(=O)c3ccccc3C2=O)C1O. The van der Waals surface area contributed by atoms with Gasteiger partial charge in [-0.05, 0) is 18.6 Å². The summed E-state index contributed by atoms with van der Waals surface area (Å²) in [5, 5.41) is 29.7. The molecule has 0 aromatic heterocycles. The van der Waals surface area contributed by atoms with E-state index in [4.69, 9.17) is 14.2 Å². The lowest BCUT2D eigenvalue weighted by Crippen LogP contribution is -2.60. The minimum absolute atomic E-state index is 0.0841. The van der Waals surface area contributed by atoms with Gasteiger partial charge >= 0.3 is 0 Å². The molecule has 0 spiro atoms. The maximum atomic E-state index is 12.3. The molecule has 27 heavy (non-hydrogen) atoms. The molecule has 0 saturated carbocycles. The van der Waals surface area contributed by atoms with E-state index in [1.807, 2.05) is 0 Å². The first-order chi connectivity index (χ1) is 13.0. The van der Waals surface area contributed by atoms with Crippen molar-refractivity contribution in [1.29, 1.82) is 0 Å². The molecular formula is C18H23NO8. The Morgan fingerprint density at radius 1 is 1.11 bits per heavy atom. The summed E-state index contributed by atoms with van der Waals surface area (Å²) in [5.74, 6) is -0.692. The van der Waals surface area contributed by atoms with Crippen molar-refractivity contribution in [2.24, 2.45) is 0 Å². The van der Waals surface area contributed by atoms with E-state index in [1.165, 1.54) is 7.11 Å². The summed E-state index contributed by atoms with van der Waals surface area (Å²) in [5.41, 5.74) is 0.764. The fraction of sp³-hybridized carbons (Fsp3) is 0.556. The number of hydrogen-bond donors (Lipinski definition) is 3. The summed E-state index contributed by atoms with van der Waals surface area (Å²) < 4.78 is 15.8. The first-order valence-corrected chi connectivity index (χ1v) is 8.71. The Morgan fingerprint density at radius 3 is 2.30 bits per heavy atom. The zero-order chi connectivity index (χ0) is 19.6. The van der Waals surface area contributed by atoms with E-state index in [0.29, 0.717) is 17.5 Å². The van der Waals surface area contributed by atoms with Gasteiger partial charge in [0.05, 0.1) is 17.7 Å². The van der Waals surface area contributed by atoms with E-state index >= 15 is 0 Å². The first kappa shape index (κ1) is 19.9. The van der Waals surface area contributed by atoms with Crippen LogP contribution in [0.3, 0.4) is 0 Å². The predicted molar refractivity (Wildman–Crippen MR) is 90.9 cm³/mol. The van der Waals surface area contributed by atoms with Gasteiger partial charge in [-0.25, -0.2) is 0 Å². The highest BCUT2D eigenvalue weighted by Gasteiger charge is 2.45. The van der Waals surface area contributed by atoms with Crippen LogP contribution < -0.4 is 0 Å². The number of benzene rings is 1. The van der Waals surface area contributed by atoms with Gasteiger partial charge in [0.15, 0.2) is 6.29 Å². The van der Waals surface area contributed by atoms with Crippen LogP contribution in [-0.4, -0.2) is 89.6 Å². The molecule has 148 valence electrons. The number of fused-ring (bicyclic) bond motifs is 1. The number of amides is 2. The number of carbonyl (C=O) groups is 2. The van der Waals surface area contributed by atoms with Gasteiger partial charge in [-0.2, -0.15) is 0 Å². The second kappa shape index (κ2) is 8.42. The molecule has 2 aliphatic rings. The molecule has 2 amide bonds. The van der Waals surface area contributed by atoms with E-state index < -0.39 is 37.3 Å². The van der Waals surface area contributed by atoms with E-state index in [9.17, 15) is 24.9 Å². The Balaban J connectivity index is 1.54. The van der Waals surface area contributed by atoms with Crippen LogP contribution in [0.5, 0.6) is 0 Å². The van der Waals surface area contributed by atoms with Crippen LogP contribution in [0.15, 0.2) is 24.3 Å². The van der Waals surface area contributed by atoms with Gasteiger partial charge in [-0.3, -0.25) is 14.5 Å². The number of ether oxygens (including phenoxy) is 3. The van der Waals surface area contributed by atoms with E-state index in [1.54, 1.807) is 24.3 Å². The number of carbonyl (C=O) groups excluding carboxylic acids is 2. The lowest BCUT2D eigenvalue weighted by atomic mass is 9.99. The second-order valence-corrected chi connectivity index (χ2v) is 6.44. The van der Waals surface area contributed by atoms with E-state index in [-0.39, 0.29) is 25.0 Å². The van der Waals surface area contributed by atoms with E-state index in [2.05, 4.69) is 0 Å². The number of nitrogens with zero attached hydrogens (tertiary/aromatic N) is 1. The van der Waals surface area contributed by atoms with Crippen molar-refractivity contribution in [3.05, 3.63) is 35.4 Å². The summed E-state index contributed by atoms with van der Waals surface area (Å²) in [6.07, 6.45) is -5.17. The number of methoxy groups -OCH3 is 1. The molecule has 3 unspecified atom stereocenters. The monoisotopic (exact) mass is 381 g/mol. The fourth-order valence-corrected chi connectivity index (χ4v) is 3.33. The van der Waals surface area contributed by atoms with Crippen molar-refractivity contribution in [1.82, 2.24) is 4.90 Å². The Kier molecular flexibility index (Phi) is 6.20. The van der Waals surface area contributed by atoms with Crippen molar-refractivity contribution < 1.29 is 39.1 Å². The maximum Gasteiger partial charge on any atom is 0.261 e. The Morgan fingerprint density at radius 2 is 1.74 bits per heavy atom. The number of aliphatic hydroxyl groups is 3. The molecule has 2 aliphatic heterocycles. The normalized spacial score (nSPS) is 30.7. The highest BCUT2D eigenvalue weighted by molar-refractivity contribution is 6.21. The molecule has 9 nitrogen and oxygen atoms in total. The third-order valence-corrected chi connectivity index (χ3v) is 4.77. The zero-order valence-corrected chi connectivity index (χ0v) is 14.9. The maximum absolute atomic E-state index is 12.3. The highest BCUT2D eigenvalue weighted by atomic mass is 16.7. The summed E-state index contributed by atoms with van der Waals surface area (Å²) in [6.45, 7) is -0.220. The molecule has 1 fully saturated rings. The average molecular weight is 381 g/mol. The van der Waals surface area contributed by atoms with Crippen LogP contribution in [0.1, 0.15) is 27.1 Å². The van der Waals surface area contributed by atoms with Crippen LogP contribution in [0.25, 0.3) is 0 Å². The number of imide groups is 1. The lowest BCUT2D eigenvalue weighted by Gasteiger charge is -2.41. The van der Waals surface area contributed by atoms with Crippen molar-refractivity contribution in [2.45, 2.75) is 37.1 Å². The molecule has 9 heteroatoms. The van der Waals surface area contributed by atoms with Gasteiger partial charge in [0.25, 0.3) is 11.8 Å². The number of aliphatic hydroxyl groups excluding tert-OH is 3. The first-order valence-electron chi connectivity index (χ1n) is 8.71. The minimum Gasteiger partial charge on any atom is -0.394 e. The molecular weight excluding hydrogens is 358 g/mol. The van der Waals surface area contributed by atoms with Crippen molar-refractivity contribution in [3.8, 4) is 0 Å². The number of rotatable bonds is 7. The zero-order valence-electron chi connectivity index (χ0n) is 14.9. The quantitative estimate of drug-likeness (QED) is 0.412. The molecule has 0 radical (unpaired) electrons. The third kappa shape index (κ3) is 3.75. The van der Waals surface area contributed by atoms with Crippen molar-refractivity contribution in [2.75, 3.05) is 26.9 Å². The smallest absolute Gasteiger partial charge is 0.261 e. The minimum atomic E-state index is -1.24. The van der Waals surface area contributed by atoms with Crippen LogP contribution in [0.4, 0.5) is 0 Å². The molecule has 2 heterocycles. The molecule has 3 N–H and O–H groups in total. The van der Waals surface area contributed by atoms with Gasteiger partial charge in [-0.15, -0.1) is 0 Å². The van der Waals surface area contributed by atoms with Crippen molar-refractivity contribution >= 4 is 11.8 Å². The van der Waals surface area contributed by atoms with Crippen LogP contribution in [-0.2, 0) is 14.2 Å². The van der Waals surface area contributed by atoms with Crippen LogP contribution in [0, 0.1) is 0 Å². The summed E-state index contributed by atoms with van der Waals surface area (Å²) in [7, 11) is 1.33. The van der Waals surface area contributed by atoms with Gasteiger partial charge < -0.3 is 29.5 Å². The molecule has 3 rings (SSSR count). The van der Waals surface area contributed by atoms with Gasteiger partial charge in [0, 0.05) is 20.3 Å². The van der Waals surface area contributed by atoms with Gasteiger partial charge in [0.2, 0.25) is 0 Å². The molecule has 1 saturated heterocycles.